The Hall–Kier alpha value is -1.42. The highest BCUT2D eigenvalue weighted by molar-refractivity contribution is 7.98. The van der Waals surface area contributed by atoms with Crippen LogP contribution in [0.5, 0.6) is 5.88 Å². The predicted octanol–water partition coefficient (Wildman–Crippen LogP) is 1.59. The van der Waals surface area contributed by atoms with Gasteiger partial charge in [0.15, 0.2) is 16.1 Å². The van der Waals surface area contributed by atoms with E-state index in [0.717, 1.165) is 0 Å². The van der Waals surface area contributed by atoms with Crippen molar-refractivity contribution in [1.82, 2.24) is 20.3 Å². The van der Waals surface area contributed by atoms with Gasteiger partial charge in [-0.1, -0.05) is 23.4 Å². The molecule has 0 radical (unpaired) electrons. The van der Waals surface area contributed by atoms with Crippen LogP contribution in [0.25, 0.3) is 10.9 Å². The van der Waals surface area contributed by atoms with Gasteiger partial charge in [0.25, 0.3) is 5.56 Å². The minimum Gasteiger partial charge on any atom is -0.472 e. The smallest absolute Gasteiger partial charge is 0.265 e. The van der Waals surface area contributed by atoms with Crippen LogP contribution in [-0.2, 0) is 4.74 Å². The summed E-state index contributed by atoms with van der Waals surface area (Å²) in [5, 5.41) is 3.10. The average Bonchev–Trinajstić information content (AvgIpc) is 2.59. The van der Waals surface area contributed by atoms with Crippen molar-refractivity contribution in [3.63, 3.8) is 0 Å². The number of hydrogen-bond donors (Lipinski definition) is 2. The number of aromatic amines is 1. The van der Waals surface area contributed by atoms with E-state index < -0.39 is 11.4 Å². The molecule has 3 heterocycles. The van der Waals surface area contributed by atoms with Gasteiger partial charge in [0.1, 0.15) is 17.0 Å². The van der Waals surface area contributed by atoms with E-state index in [1.807, 2.05) is 6.92 Å². The first-order valence-corrected chi connectivity index (χ1v) is 8.92. The highest BCUT2D eigenvalue weighted by Gasteiger charge is 2.25. The van der Waals surface area contributed by atoms with Crippen molar-refractivity contribution in [2.45, 2.75) is 24.2 Å². The standard InChI is InChI=1S/C14H16ClFN4O3S/c1-6(7-5-22-4-3-17-7)23-13-8-10(9(16)11(15)19-13)18-14(24-2)20-12(8)21/h6-7,17H,3-5H2,1-2H3,(H,18,20,21)/t6?,7-/m0/s1. The molecule has 130 valence electrons. The van der Waals surface area contributed by atoms with E-state index in [1.165, 1.54) is 11.8 Å². The molecule has 0 saturated carbocycles. The molecular formula is C14H16ClFN4O3S. The molecule has 1 fully saturated rings. The second kappa shape index (κ2) is 7.22. The van der Waals surface area contributed by atoms with E-state index in [2.05, 4.69) is 20.3 Å². The monoisotopic (exact) mass is 374 g/mol. The number of H-pyrrole nitrogens is 1. The molecule has 0 amide bonds. The average molecular weight is 375 g/mol. The van der Waals surface area contributed by atoms with Gasteiger partial charge in [-0.2, -0.15) is 4.98 Å². The molecule has 10 heteroatoms. The first-order valence-electron chi connectivity index (χ1n) is 7.32. The van der Waals surface area contributed by atoms with Crippen molar-refractivity contribution in [2.24, 2.45) is 0 Å². The van der Waals surface area contributed by atoms with E-state index in [4.69, 9.17) is 21.1 Å². The van der Waals surface area contributed by atoms with Crippen LogP contribution in [0.3, 0.4) is 0 Å². The Labute approximate surface area is 146 Å². The third-order valence-corrected chi connectivity index (χ3v) is 4.54. The number of thioether (sulfide) groups is 1. The lowest BCUT2D eigenvalue weighted by atomic mass is 10.2. The molecule has 2 N–H and O–H groups in total. The summed E-state index contributed by atoms with van der Waals surface area (Å²) in [4.78, 5) is 22.9. The van der Waals surface area contributed by atoms with Crippen LogP contribution < -0.4 is 15.6 Å². The number of nitrogens with one attached hydrogen (secondary N) is 2. The number of hydrogen-bond acceptors (Lipinski definition) is 7. The molecule has 7 nitrogen and oxygen atoms in total. The molecule has 1 saturated heterocycles. The predicted molar refractivity (Wildman–Crippen MR) is 89.6 cm³/mol. The Balaban J connectivity index is 2.04. The minimum atomic E-state index is -0.841. The van der Waals surface area contributed by atoms with Gasteiger partial charge in [0.2, 0.25) is 5.88 Å². The summed E-state index contributed by atoms with van der Waals surface area (Å²) in [6.45, 7) is 3.62. The fraction of sp³-hybridized carbons (Fsp3) is 0.500. The molecular weight excluding hydrogens is 359 g/mol. The van der Waals surface area contributed by atoms with E-state index in [9.17, 15) is 9.18 Å². The van der Waals surface area contributed by atoms with Crippen molar-refractivity contribution in [2.75, 3.05) is 26.0 Å². The normalized spacial score (nSPS) is 19.4. The van der Waals surface area contributed by atoms with E-state index in [1.54, 1.807) is 6.26 Å². The topological polar surface area (TPSA) is 89.1 Å². The zero-order valence-corrected chi connectivity index (χ0v) is 14.6. The van der Waals surface area contributed by atoms with E-state index in [0.29, 0.717) is 19.8 Å². The van der Waals surface area contributed by atoms with Gasteiger partial charge in [0.05, 0.1) is 19.3 Å². The van der Waals surface area contributed by atoms with Crippen molar-refractivity contribution in [1.29, 1.82) is 0 Å². The Morgan fingerprint density at radius 3 is 2.96 bits per heavy atom. The van der Waals surface area contributed by atoms with Gasteiger partial charge >= 0.3 is 0 Å². The van der Waals surface area contributed by atoms with Crippen molar-refractivity contribution < 1.29 is 13.9 Å². The lowest BCUT2D eigenvalue weighted by Gasteiger charge is -2.29. The fourth-order valence-corrected chi connectivity index (χ4v) is 2.97. The van der Waals surface area contributed by atoms with Crippen LogP contribution in [0.15, 0.2) is 9.95 Å². The summed E-state index contributed by atoms with van der Waals surface area (Å²) in [6.07, 6.45) is 1.36. The third kappa shape index (κ3) is 3.34. The maximum absolute atomic E-state index is 14.3. The van der Waals surface area contributed by atoms with Gasteiger partial charge in [0, 0.05) is 6.54 Å². The number of ether oxygens (including phenoxy) is 2. The largest absolute Gasteiger partial charge is 0.472 e. The van der Waals surface area contributed by atoms with Crippen molar-refractivity contribution >= 4 is 34.3 Å². The maximum Gasteiger partial charge on any atom is 0.265 e. The van der Waals surface area contributed by atoms with Gasteiger partial charge < -0.3 is 19.8 Å². The second-order valence-corrected chi connectivity index (χ2v) is 6.43. The summed E-state index contributed by atoms with van der Waals surface area (Å²) in [7, 11) is 0. The Morgan fingerprint density at radius 1 is 1.50 bits per heavy atom. The number of morpholine rings is 1. The zero-order chi connectivity index (χ0) is 17.3. The second-order valence-electron chi connectivity index (χ2n) is 5.28. The third-order valence-electron chi connectivity index (χ3n) is 3.71. The molecule has 0 bridgehead atoms. The first-order chi connectivity index (χ1) is 11.5. The lowest BCUT2D eigenvalue weighted by Crippen LogP contribution is -2.49. The Kier molecular flexibility index (Phi) is 5.24. The molecule has 1 unspecified atom stereocenters. The van der Waals surface area contributed by atoms with Gasteiger partial charge in [-0.25, -0.2) is 9.37 Å². The summed E-state index contributed by atoms with van der Waals surface area (Å²) in [6, 6.07) is -0.0723. The van der Waals surface area contributed by atoms with Crippen LogP contribution in [0, 0.1) is 5.82 Å². The molecule has 24 heavy (non-hydrogen) atoms. The van der Waals surface area contributed by atoms with Crippen LogP contribution in [0.4, 0.5) is 4.39 Å². The van der Waals surface area contributed by atoms with E-state index in [-0.39, 0.29) is 39.2 Å². The lowest BCUT2D eigenvalue weighted by molar-refractivity contribution is 0.0328. The molecule has 0 spiro atoms. The van der Waals surface area contributed by atoms with Crippen LogP contribution >= 0.6 is 23.4 Å². The summed E-state index contributed by atoms with van der Waals surface area (Å²) < 4.78 is 25.4. The molecule has 2 aromatic heterocycles. The Morgan fingerprint density at radius 2 is 2.29 bits per heavy atom. The molecule has 0 aromatic carbocycles. The molecule has 1 aliphatic heterocycles. The van der Waals surface area contributed by atoms with Gasteiger partial charge in [-0.15, -0.1) is 0 Å². The van der Waals surface area contributed by atoms with Gasteiger partial charge in [-0.3, -0.25) is 4.79 Å². The number of aromatic nitrogens is 3. The number of halogens is 2. The fourth-order valence-electron chi connectivity index (χ4n) is 2.43. The molecule has 2 aromatic rings. The zero-order valence-electron chi connectivity index (χ0n) is 13.1. The highest BCUT2D eigenvalue weighted by atomic mass is 35.5. The van der Waals surface area contributed by atoms with Crippen LogP contribution in [0.2, 0.25) is 5.15 Å². The summed E-state index contributed by atoms with van der Waals surface area (Å²) >= 11 is 7.04. The molecule has 1 aliphatic rings. The van der Waals surface area contributed by atoms with Gasteiger partial charge in [-0.05, 0) is 13.2 Å². The number of nitrogens with zero attached hydrogens (tertiary/aromatic N) is 2. The van der Waals surface area contributed by atoms with E-state index >= 15 is 0 Å². The first kappa shape index (κ1) is 17.4. The summed E-state index contributed by atoms with van der Waals surface area (Å²) in [5.41, 5.74) is -0.680. The molecule has 3 rings (SSSR count). The SMILES string of the molecule is CSc1nc2c(F)c(Cl)nc(OC(C)[C@@H]3COCCN3)c2c(=O)[nH]1. The Bertz CT molecular complexity index is 813. The minimum absolute atomic E-state index is 0.0438. The van der Waals surface area contributed by atoms with Crippen molar-refractivity contribution in [3.05, 3.63) is 21.3 Å². The number of fused-ring (bicyclic) bond motifs is 1. The molecule has 0 aliphatic carbocycles. The molecule has 2 atom stereocenters. The highest BCUT2D eigenvalue weighted by Crippen LogP contribution is 2.28. The quantitative estimate of drug-likeness (QED) is 0.477. The number of pyridine rings is 1. The van der Waals surface area contributed by atoms with Crippen LogP contribution in [0.1, 0.15) is 6.92 Å². The summed E-state index contributed by atoms with van der Waals surface area (Å²) in [5.74, 6) is -0.884. The number of rotatable bonds is 4. The van der Waals surface area contributed by atoms with Crippen molar-refractivity contribution in [3.8, 4) is 5.88 Å². The maximum atomic E-state index is 14.3. The van der Waals surface area contributed by atoms with Crippen LogP contribution in [-0.4, -0.2) is 53.1 Å².